The van der Waals surface area contributed by atoms with E-state index in [9.17, 15) is 0 Å². The maximum atomic E-state index is 4.50. The van der Waals surface area contributed by atoms with E-state index in [0.717, 1.165) is 36.5 Å². The summed E-state index contributed by atoms with van der Waals surface area (Å²) in [6.07, 6.45) is 7.45. The molecule has 2 aromatic rings. The summed E-state index contributed by atoms with van der Waals surface area (Å²) in [6, 6.07) is 4.06. The van der Waals surface area contributed by atoms with Crippen molar-refractivity contribution in [3.63, 3.8) is 0 Å². The van der Waals surface area contributed by atoms with Gasteiger partial charge in [0, 0.05) is 37.6 Å². The summed E-state index contributed by atoms with van der Waals surface area (Å²) in [5.74, 6) is 0.740. The molecule has 0 fully saturated rings. The molecule has 2 aromatic heterocycles. The largest absolute Gasteiger partial charge is 0.359 e. The van der Waals surface area contributed by atoms with E-state index >= 15 is 0 Å². The Hall–Kier alpha value is -1.61. The molecule has 1 aliphatic rings. The SMILES string of the molecule is CC(C)CN1CC=C(c2c[nH]c3cccnc23)CC1. The summed E-state index contributed by atoms with van der Waals surface area (Å²) >= 11 is 0. The molecule has 19 heavy (non-hydrogen) atoms. The van der Waals surface area contributed by atoms with Crippen LogP contribution in [-0.2, 0) is 0 Å². The molecule has 3 rings (SSSR count). The lowest BCUT2D eigenvalue weighted by atomic mass is 10.0. The van der Waals surface area contributed by atoms with E-state index in [1.807, 2.05) is 12.3 Å². The Morgan fingerprint density at radius 1 is 1.42 bits per heavy atom. The number of rotatable bonds is 3. The van der Waals surface area contributed by atoms with Crippen LogP contribution in [0, 0.1) is 5.92 Å². The fourth-order valence-electron chi connectivity index (χ4n) is 2.84. The molecule has 0 aliphatic carbocycles. The third-order valence-electron chi connectivity index (χ3n) is 3.70. The number of fused-ring (bicyclic) bond motifs is 1. The monoisotopic (exact) mass is 255 g/mol. The van der Waals surface area contributed by atoms with Crippen molar-refractivity contribution in [2.75, 3.05) is 19.6 Å². The van der Waals surface area contributed by atoms with Crippen LogP contribution in [0.1, 0.15) is 25.8 Å². The Labute approximate surface area is 114 Å². The molecule has 0 unspecified atom stereocenters. The first kappa shape index (κ1) is 12.4. The molecular weight excluding hydrogens is 234 g/mol. The maximum absolute atomic E-state index is 4.50. The first-order valence-electron chi connectivity index (χ1n) is 7.08. The van der Waals surface area contributed by atoms with Gasteiger partial charge in [-0.05, 0) is 30.0 Å². The van der Waals surface area contributed by atoms with Crippen LogP contribution in [0.4, 0.5) is 0 Å². The normalized spacial score (nSPS) is 17.1. The fourth-order valence-corrected chi connectivity index (χ4v) is 2.84. The van der Waals surface area contributed by atoms with E-state index in [1.165, 1.54) is 17.7 Å². The van der Waals surface area contributed by atoms with Gasteiger partial charge in [-0.25, -0.2) is 0 Å². The Bertz CT molecular complexity index is 595. The van der Waals surface area contributed by atoms with Gasteiger partial charge in [-0.1, -0.05) is 19.9 Å². The number of aromatic amines is 1. The predicted molar refractivity (Wildman–Crippen MR) is 80.0 cm³/mol. The van der Waals surface area contributed by atoms with Crippen LogP contribution in [0.5, 0.6) is 0 Å². The summed E-state index contributed by atoms with van der Waals surface area (Å²) in [7, 11) is 0. The van der Waals surface area contributed by atoms with Crippen molar-refractivity contribution in [1.29, 1.82) is 0 Å². The van der Waals surface area contributed by atoms with Gasteiger partial charge in [0.2, 0.25) is 0 Å². The van der Waals surface area contributed by atoms with E-state index in [-0.39, 0.29) is 0 Å². The topological polar surface area (TPSA) is 31.9 Å². The molecule has 3 heteroatoms. The van der Waals surface area contributed by atoms with Gasteiger partial charge < -0.3 is 4.98 Å². The average Bonchev–Trinajstić information content (AvgIpc) is 2.83. The summed E-state index contributed by atoms with van der Waals surface area (Å²) in [4.78, 5) is 10.3. The van der Waals surface area contributed by atoms with Crippen LogP contribution in [-0.4, -0.2) is 34.5 Å². The molecular formula is C16H21N3. The first-order valence-corrected chi connectivity index (χ1v) is 7.08. The van der Waals surface area contributed by atoms with Crippen molar-refractivity contribution in [2.45, 2.75) is 20.3 Å². The highest BCUT2D eigenvalue weighted by Crippen LogP contribution is 2.27. The van der Waals surface area contributed by atoms with Crippen molar-refractivity contribution in [3.05, 3.63) is 36.2 Å². The van der Waals surface area contributed by atoms with Gasteiger partial charge in [-0.3, -0.25) is 9.88 Å². The van der Waals surface area contributed by atoms with E-state index < -0.39 is 0 Å². The van der Waals surface area contributed by atoms with Crippen LogP contribution in [0.3, 0.4) is 0 Å². The number of nitrogens with one attached hydrogen (secondary N) is 1. The van der Waals surface area contributed by atoms with Gasteiger partial charge in [0.15, 0.2) is 0 Å². The summed E-state index contributed by atoms with van der Waals surface area (Å²) in [6.45, 7) is 7.97. The number of H-pyrrole nitrogens is 1. The zero-order chi connectivity index (χ0) is 13.2. The lowest BCUT2D eigenvalue weighted by Crippen LogP contribution is -2.31. The lowest BCUT2D eigenvalue weighted by molar-refractivity contribution is 0.268. The second-order valence-electron chi connectivity index (χ2n) is 5.73. The van der Waals surface area contributed by atoms with Gasteiger partial charge in [-0.2, -0.15) is 0 Å². The number of hydrogen-bond acceptors (Lipinski definition) is 2. The molecule has 3 heterocycles. The van der Waals surface area contributed by atoms with Crippen molar-refractivity contribution >= 4 is 16.6 Å². The lowest BCUT2D eigenvalue weighted by Gasteiger charge is -2.27. The molecule has 1 N–H and O–H groups in total. The molecule has 0 amide bonds. The van der Waals surface area contributed by atoms with E-state index in [4.69, 9.17) is 0 Å². The van der Waals surface area contributed by atoms with Crippen molar-refractivity contribution in [2.24, 2.45) is 5.92 Å². The molecule has 0 aromatic carbocycles. The molecule has 0 saturated heterocycles. The Kier molecular flexibility index (Phi) is 3.38. The first-order chi connectivity index (χ1) is 9.24. The second-order valence-corrected chi connectivity index (χ2v) is 5.73. The number of pyridine rings is 1. The second kappa shape index (κ2) is 5.17. The molecule has 0 spiro atoms. The van der Waals surface area contributed by atoms with Gasteiger partial charge >= 0.3 is 0 Å². The van der Waals surface area contributed by atoms with Crippen LogP contribution in [0.15, 0.2) is 30.6 Å². The summed E-state index contributed by atoms with van der Waals surface area (Å²) < 4.78 is 0. The fraction of sp³-hybridized carbons (Fsp3) is 0.438. The summed E-state index contributed by atoms with van der Waals surface area (Å²) in [5.41, 5.74) is 4.94. The number of aromatic nitrogens is 2. The van der Waals surface area contributed by atoms with E-state index in [1.54, 1.807) is 0 Å². The Balaban J connectivity index is 1.82. The highest BCUT2D eigenvalue weighted by Gasteiger charge is 2.16. The third-order valence-corrected chi connectivity index (χ3v) is 3.70. The maximum Gasteiger partial charge on any atom is 0.0953 e. The molecule has 0 radical (unpaired) electrons. The zero-order valence-corrected chi connectivity index (χ0v) is 11.7. The third kappa shape index (κ3) is 2.56. The smallest absolute Gasteiger partial charge is 0.0953 e. The molecule has 3 nitrogen and oxygen atoms in total. The molecule has 0 saturated carbocycles. The van der Waals surface area contributed by atoms with Crippen molar-refractivity contribution < 1.29 is 0 Å². The summed E-state index contributed by atoms with van der Waals surface area (Å²) in [5, 5.41) is 0. The van der Waals surface area contributed by atoms with Gasteiger partial charge in [0.05, 0.1) is 11.0 Å². The van der Waals surface area contributed by atoms with E-state index in [0.29, 0.717) is 0 Å². The van der Waals surface area contributed by atoms with E-state index in [2.05, 4.69) is 47.1 Å². The zero-order valence-electron chi connectivity index (χ0n) is 11.7. The minimum absolute atomic E-state index is 0.740. The molecule has 0 bridgehead atoms. The Morgan fingerprint density at radius 2 is 2.32 bits per heavy atom. The molecule has 100 valence electrons. The van der Waals surface area contributed by atoms with Crippen LogP contribution >= 0.6 is 0 Å². The van der Waals surface area contributed by atoms with Gasteiger partial charge in [0.25, 0.3) is 0 Å². The quantitative estimate of drug-likeness (QED) is 0.912. The average molecular weight is 255 g/mol. The standard InChI is InChI=1S/C16H21N3/c1-12(2)11-19-8-5-13(6-9-19)14-10-18-15-4-3-7-17-16(14)15/h3-5,7,10,12,18H,6,8-9,11H2,1-2H3. The number of nitrogens with zero attached hydrogens (tertiary/aromatic N) is 2. The highest BCUT2D eigenvalue weighted by molar-refractivity contribution is 5.89. The van der Waals surface area contributed by atoms with Gasteiger partial charge in [-0.15, -0.1) is 0 Å². The van der Waals surface area contributed by atoms with Crippen LogP contribution < -0.4 is 0 Å². The Morgan fingerprint density at radius 3 is 3.05 bits per heavy atom. The molecule has 0 atom stereocenters. The van der Waals surface area contributed by atoms with Crippen molar-refractivity contribution in [1.82, 2.24) is 14.9 Å². The van der Waals surface area contributed by atoms with Crippen molar-refractivity contribution in [3.8, 4) is 0 Å². The highest BCUT2D eigenvalue weighted by atomic mass is 15.1. The van der Waals surface area contributed by atoms with Crippen LogP contribution in [0.25, 0.3) is 16.6 Å². The van der Waals surface area contributed by atoms with Crippen LogP contribution in [0.2, 0.25) is 0 Å². The molecule has 1 aliphatic heterocycles. The van der Waals surface area contributed by atoms with Gasteiger partial charge in [0.1, 0.15) is 0 Å². The number of hydrogen-bond donors (Lipinski definition) is 1. The predicted octanol–water partition coefficient (Wildman–Crippen LogP) is 3.31. The minimum atomic E-state index is 0.740. The minimum Gasteiger partial charge on any atom is -0.359 e.